The summed E-state index contributed by atoms with van der Waals surface area (Å²) >= 11 is 12.0. The molecule has 1 heterocycles. The quantitative estimate of drug-likeness (QED) is 0.538. The van der Waals surface area contributed by atoms with E-state index in [4.69, 9.17) is 23.2 Å². The Morgan fingerprint density at radius 1 is 1.07 bits per heavy atom. The van der Waals surface area contributed by atoms with Gasteiger partial charge in [0, 0.05) is 6.42 Å². The third kappa shape index (κ3) is 3.66. The number of aromatic nitrogens is 2. The summed E-state index contributed by atoms with van der Waals surface area (Å²) in [7, 11) is -4.18. The fourth-order valence-corrected chi connectivity index (χ4v) is 4.49. The Bertz CT molecular complexity index is 1110. The zero-order chi connectivity index (χ0) is 20.0. The van der Waals surface area contributed by atoms with Crippen molar-refractivity contribution in [2.24, 2.45) is 0 Å². The molecule has 0 saturated heterocycles. The third-order valence-electron chi connectivity index (χ3n) is 3.91. The van der Waals surface area contributed by atoms with Crippen molar-refractivity contribution in [2.75, 3.05) is 0 Å². The van der Waals surface area contributed by atoms with Crippen LogP contribution >= 0.6 is 23.2 Å². The van der Waals surface area contributed by atoms with Crippen molar-refractivity contribution in [3.05, 3.63) is 57.8 Å². The molecule has 3 rings (SSSR count). The summed E-state index contributed by atoms with van der Waals surface area (Å²) in [5, 5.41) is 0.375. The molecule has 3 aromatic rings. The van der Waals surface area contributed by atoms with Crippen molar-refractivity contribution >= 4 is 44.3 Å². The molecule has 0 amide bonds. The van der Waals surface area contributed by atoms with Gasteiger partial charge in [0.05, 0.1) is 31.5 Å². The third-order valence-corrected chi connectivity index (χ3v) is 6.39. The lowest BCUT2D eigenvalue weighted by Gasteiger charge is -2.12. The average Bonchev–Trinajstić information content (AvgIpc) is 2.92. The summed E-state index contributed by atoms with van der Waals surface area (Å²) in [6, 6.07) is 6.16. The van der Waals surface area contributed by atoms with E-state index in [1.807, 2.05) is 6.92 Å². The van der Waals surface area contributed by atoms with Gasteiger partial charge in [-0.05, 0) is 42.8 Å². The highest BCUT2D eigenvalue weighted by atomic mass is 35.5. The minimum Gasteiger partial charge on any atom is -0.232 e. The Balaban J connectivity index is 2.23. The number of rotatable bonds is 4. The highest BCUT2D eigenvalue weighted by Crippen LogP contribution is 2.33. The molecule has 2 aromatic carbocycles. The molecule has 0 aliphatic heterocycles. The number of benzene rings is 2. The van der Waals surface area contributed by atoms with Crippen molar-refractivity contribution in [2.45, 2.75) is 30.8 Å². The van der Waals surface area contributed by atoms with E-state index < -0.39 is 21.8 Å². The topological polar surface area (TPSA) is 52.0 Å². The number of aryl methyl sites for hydroxylation is 1. The van der Waals surface area contributed by atoms with Crippen LogP contribution in [0.4, 0.5) is 13.2 Å². The Morgan fingerprint density at radius 2 is 1.67 bits per heavy atom. The van der Waals surface area contributed by atoms with Gasteiger partial charge in [-0.15, -0.1) is 0 Å². The lowest BCUT2D eigenvalue weighted by Crippen LogP contribution is -2.16. The molecule has 0 unspecified atom stereocenters. The largest absolute Gasteiger partial charge is 0.416 e. The molecule has 0 bridgehead atoms. The van der Waals surface area contributed by atoms with Crippen LogP contribution in [0.5, 0.6) is 0 Å². The first kappa shape index (κ1) is 20.0. The molecule has 1 aromatic heterocycles. The Kier molecular flexibility index (Phi) is 5.18. The lowest BCUT2D eigenvalue weighted by molar-refractivity contribution is -0.137. The van der Waals surface area contributed by atoms with Gasteiger partial charge >= 0.3 is 6.18 Å². The molecule has 4 nitrogen and oxygen atoms in total. The van der Waals surface area contributed by atoms with E-state index in [9.17, 15) is 21.6 Å². The second kappa shape index (κ2) is 7.00. The minimum absolute atomic E-state index is 0.149. The molecule has 0 radical (unpaired) electrons. The number of nitrogens with zero attached hydrogens (tertiary/aromatic N) is 2. The normalized spacial score (nSPS) is 12.7. The van der Waals surface area contributed by atoms with E-state index in [2.05, 4.69) is 4.98 Å². The standard InChI is InChI=1S/C17H13Cl2F3N2O2S/c1-2-3-16-23-14-8-12(18)13(19)9-15(14)24(16)27(25,26)11-6-4-10(5-7-11)17(20,21)22/h4-9H,2-3H2,1H3. The number of alkyl halides is 3. The van der Waals surface area contributed by atoms with E-state index in [1.165, 1.54) is 12.1 Å². The maximum absolute atomic E-state index is 13.1. The van der Waals surface area contributed by atoms with Crippen LogP contribution in [0.1, 0.15) is 24.7 Å². The Labute approximate surface area is 163 Å². The highest BCUT2D eigenvalue weighted by Gasteiger charge is 2.31. The maximum Gasteiger partial charge on any atom is 0.416 e. The molecule has 0 atom stereocenters. The van der Waals surface area contributed by atoms with Crippen molar-refractivity contribution in [3.8, 4) is 0 Å². The predicted octanol–water partition coefficient (Wildman–Crippen LogP) is 5.55. The van der Waals surface area contributed by atoms with Crippen LogP contribution in [0.15, 0.2) is 41.3 Å². The lowest BCUT2D eigenvalue weighted by atomic mass is 10.2. The van der Waals surface area contributed by atoms with Crippen molar-refractivity contribution in [1.82, 2.24) is 8.96 Å². The summed E-state index contributed by atoms with van der Waals surface area (Å²) in [4.78, 5) is 4.03. The van der Waals surface area contributed by atoms with Gasteiger partial charge < -0.3 is 0 Å². The summed E-state index contributed by atoms with van der Waals surface area (Å²) in [6.45, 7) is 1.86. The maximum atomic E-state index is 13.1. The second-order valence-corrected chi connectivity index (χ2v) is 8.43. The van der Waals surface area contributed by atoms with Crippen molar-refractivity contribution in [3.63, 3.8) is 0 Å². The van der Waals surface area contributed by atoms with Crippen LogP contribution in [0.2, 0.25) is 10.0 Å². The van der Waals surface area contributed by atoms with Crippen molar-refractivity contribution in [1.29, 1.82) is 0 Å². The minimum atomic E-state index is -4.55. The zero-order valence-electron chi connectivity index (χ0n) is 13.9. The summed E-state index contributed by atoms with van der Waals surface area (Å²) in [5.74, 6) is 0.255. The first-order valence-corrected chi connectivity index (χ1v) is 10.0. The van der Waals surface area contributed by atoms with Crippen molar-refractivity contribution < 1.29 is 21.6 Å². The predicted molar refractivity (Wildman–Crippen MR) is 97.8 cm³/mol. The molecule has 0 N–H and O–H groups in total. The summed E-state index contributed by atoms with van der Waals surface area (Å²) in [6.07, 6.45) is -3.58. The van der Waals surface area contributed by atoms with Gasteiger partial charge in [0.2, 0.25) is 0 Å². The molecule has 0 aliphatic carbocycles. The number of hydrogen-bond donors (Lipinski definition) is 0. The van der Waals surface area contributed by atoms with E-state index in [0.717, 1.165) is 28.2 Å². The molecule has 0 saturated carbocycles. The van der Waals surface area contributed by atoms with Gasteiger partial charge in [-0.2, -0.15) is 13.2 Å². The molecule has 27 heavy (non-hydrogen) atoms. The molecule has 10 heteroatoms. The van der Waals surface area contributed by atoms with E-state index in [0.29, 0.717) is 18.4 Å². The average molecular weight is 437 g/mol. The number of imidazole rings is 1. The van der Waals surface area contributed by atoms with Crippen LogP contribution in [-0.4, -0.2) is 17.4 Å². The van der Waals surface area contributed by atoms with E-state index in [1.54, 1.807) is 0 Å². The van der Waals surface area contributed by atoms with E-state index >= 15 is 0 Å². The van der Waals surface area contributed by atoms with Gasteiger partial charge in [-0.1, -0.05) is 30.1 Å². The van der Waals surface area contributed by atoms with Crippen LogP contribution in [0.25, 0.3) is 11.0 Å². The molecule has 144 valence electrons. The number of hydrogen-bond acceptors (Lipinski definition) is 3. The summed E-state index contributed by atoms with van der Waals surface area (Å²) in [5.41, 5.74) is -0.378. The number of fused-ring (bicyclic) bond motifs is 1. The van der Waals surface area contributed by atoms with Gasteiger partial charge in [0.1, 0.15) is 5.82 Å². The second-order valence-electron chi connectivity index (χ2n) is 5.82. The zero-order valence-corrected chi connectivity index (χ0v) is 16.2. The molecular weight excluding hydrogens is 424 g/mol. The van der Waals surface area contributed by atoms with Crippen LogP contribution < -0.4 is 0 Å². The monoisotopic (exact) mass is 436 g/mol. The smallest absolute Gasteiger partial charge is 0.232 e. The fraction of sp³-hybridized carbons (Fsp3) is 0.235. The Morgan fingerprint density at radius 3 is 2.22 bits per heavy atom. The van der Waals surface area contributed by atoms with E-state index in [-0.39, 0.29) is 26.3 Å². The molecule has 0 aliphatic rings. The highest BCUT2D eigenvalue weighted by molar-refractivity contribution is 7.90. The first-order chi connectivity index (χ1) is 12.6. The van der Waals surface area contributed by atoms with Crippen LogP contribution in [0, 0.1) is 0 Å². The van der Waals surface area contributed by atoms with Gasteiger partial charge in [0.25, 0.3) is 10.0 Å². The molecular formula is C17H13Cl2F3N2O2S. The summed E-state index contributed by atoms with van der Waals surface area (Å²) < 4.78 is 65.5. The number of halogens is 5. The van der Waals surface area contributed by atoms with Crippen LogP contribution in [0.3, 0.4) is 0 Å². The SMILES string of the molecule is CCCc1nc2cc(Cl)c(Cl)cc2n1S(=O)(=O)c1ccc(C(F)(F)F)cc1. The van der Waals surface area contributed by atoms with Gasteiger partial charge in [0.15, 0.2) is 0 Å². The molecule has 0 fully saturated rings. The Hall–Kier alpha value is -1.77. The van der Waals surface area contributed by atoms with Gasteiger partial charge in [-0.25, -0.2) is 17.4 Å². The van der Waals surface area contributed by atoms with Crippen LogP contribution in [-0.2, 0) is 22.6 Å². The molecule has 0 spiro atoms. The van der Waals surface area contributed by atoms with Gasteiger partial charge in [-0.3, -0.25) is 0 Å². The first-order valence-electron chi connectivity index (χ1n) is 7.85. The fourth-order valence-electron chi connectivity index (χ4n) is 2.67.